The standard InChI is InChI=1S/C37H62N2O6/c1-4-5-6-7-8-9-10-11-12-13-14-15-16-17-21-25-33(40)38-27-22-29-45-34(41)26-28-39-36(43)35(42)37(2,3)31-44-30-32-23-19-18-20-24-32/h11-12,18-20,23-24,35,42H,4-10,13-17,21-22,25-31H2,1-3H3,(H,38,40)(H,39,43)/b12-11-. The summed E-state index contributed by atoms with van der Waals surface area (Å²) in [5.74, 6) is -0.950. The van der Waals surface area contributed by atoms with Crippen LogP contribution in [0.1, 0.15) is 129 Å². The Morgan fingerprint density at radius 3 is 2.09 bits per heavy atom. The molecule has 8 heteroatoms. The molecule has 0 fully saturated rings. The van der Waals surface area contributed by atoms with Crippen LogP contribution in [-0.4, -0.2) is 55.3 Å². The van der Waals surface area contributed by atoms with E-state index in [0.717, 1.165) is 31.2 Å². The lowest BCUT2D eigenvalue weighted by Crippen LogP contribution is -2.46. The second-order valence-corrected chi connectivity index (χ2v) is 12.7. The van der Waals surface area contributed by atoms with Gasteiger partial charge in [-0.2, -0.15) is 0 Å². The van der Waals surface area contributed by atoms with Gasteiger partial charge in [0.05, 0.1) is 26.2 Å². The number of nitrogens with one attached hydrogen (secondary N) is 2. The van der Waals surface area contributed by atoms with Gasteiger partial charge in [0.2, 0.25) is 11.8 Å². The van der Waals surface area contributed by atoms with Crippen LogP contribution in [0.3, 0.4) is 0 Å². The molecule has 1 atom stereocenters. The zero-order chi connectivity index (χ0) is 33.0. The van der Waals surface area contributed by atoms with E-state index in [1.54, 1.807) is 13.8 Å². The van der Waals surface area contributed by atoms with Crippen molar-refractivity contribution in [1.82, 2.24) is 10.6 Å². The largest absolute Gasteiger partial charge is 0.466 e. The van der Waals surface area contributed by atoms with Crippen molar-refractivity contribution < 1.29 is 29.0 Å². The summed E-state index contributed by atoms with van der Waals surface area (Å²) >= 11 is 0. The molecule has 3 N–H and O–H groups in total. The fraction of sp³-hybridized carbons (Fsp3) is 0.703. The van der Waals surface area contributed by atoms with Crippen molar-refractivity contribution in [3.8, 4) is 0 Å². The van der Waals surface area contributed by atoms with Crippen LogP contribution in [0.4, 0.5) is 0 Å². The van der Waals surface area contributed by atoms with Crippen LogP contribution in [-0.2, 0) is 30.5 Å². The molecule has 2 amide bonds. The first-order valence-corrected chi connectivity index (χ1v) is 17.4. The summed E-state index contributed by atoms with van der Waals surface area (Å²) in [4.78, 5) is 36.4. The Kier molecular flexibility index (Phi) is 23.7. The Morgan fingerprint density at radius 2 is 1.42 bits per heavy atom. The number of benzene rings is 1. The first-order chi connectivity index (χ1) is 21.8. The van der Waals surface area contributed by atoms with Crippen molar-refractivity contribution in [1.29, 1.82) is 0 Å². The zero-order valence-electron chi connectivity index (χ0n) is 28.5. The van der Waals surface area contributed by atoms with E-state index in [0.29, 0.717) is 26.0 Å². The number of aliphatic hydroxyl groups is 1. The van der Waals surface area contributed by atoms with Gasteiger partial charge in [-0.3, -0.25) is 14.4 Å². The molecule has 0 bridgehead atoms. The molecule has 45 heavy (non-hydrogen) atoms. The van der Waals surface area contributed by atoms with Gasteiger partial charge in [-0.25, -0.2) is 0 Å². The second kappa shape index (κ2) is 26.5. The number of carbonyl (C=O) groups excluding carboxylic acids is 3. The van der Waals surface area contributed by atoms with Crippen LogP contribution in [0.5, 0.6) is 0 Å². The maximum Gasteiger partial charge on any atom is 0.307 e. The number of ether oxygens (including phenoxy) is 2. The number of rotatable bonds is 28. The maximum absolute atomic E-state index is 12.4. The predicted octanol–water partition coefficient (Wildman–Crippen LogP) is 7.18. The summed E-state index contributed by atoms with van der Waals surface area (Å²) in [6.45, 7) is 7.10. The number of esters is 1. The van der Waals surface area contributed by atoms with E-state index in [1.165, 1.54) is 57.8 Å². The van der Waals surface area contributed by atoms with E-state index in [9.17, 15) is 19.5 Å². The van der Waals surface area contributed by atoms with Gasteiger partial charge in [0.15, 0.2) is 0 Å². The molecule has 0 saturated heterocycles. The molecule has 0 aliphatic carbocycles. The Balaban J connectivity index is 1.95. The summed E-state index contributed by atoms with van der Waals surface area (Å²) in [6.07, 6.45) is 20.5. The van der Waals surface area contributed by atoms with E-state index < -0.39 is 23.4 Å². The van der Waals surface area contributed by atoms with E-state index in [2.05, 4.69) is 29.7 Å². The average molecular weight is 631 g/mol. The molecule has 1 unspecified atom stereocenters. The number of unbranched alkanes of at least 4 members (excludes halogenated alkanes) is 11. The summed E-state index contributed by atoms with van der Waals surface area (Å²) in [6, 6.07) is 9.68. The molecule has 0 saturated carbocycles. The van der Waals surface area contributed by atoms with Crippen LogP contribution < -0.4 is 10.6 Å². The Bertz CT molecular complexity index is 934. The van der Waals surface area contributed by atoms with E-state index >= 15 is 0 Å². The lowest BCUT2D eigenvalue weighted by Gasteiger charge is -2.29. The third kappa shape index (κ3) is 22.4. The van der Waals surface area contributed by atoms with Gasteiger partial charge >= 0.3 is 5.97 Å². The minimum absolute atomic E-state index is 0.00519. The van der Waals surface area contributed by atoms with Gasteiger partial charge in [0, 0.05) is 24.9 Å². The number of hydrogen-bond acceptors (Lipinski definition) is 6. The van der Waals surface area contributed by atoms with E-state index in [1.807, 2.05) is 30.3 Å². The van der Waals surface area contributed by atoms with Gasteiger partial charge in [-0.1, -0.05) is 115 Å². The smallest absolute Gasteiger partial charge is 0.307 e. The summed E-state index contributed by atoms with van der Waals surface area (Å²) in [7, 11) is 0. The molecular weight excluding hydrogens is 568 g/mol. The molecule has 1 aromatic rings. The first-order valence-electron chi connectivity index (χ1n) is 17.4. The second-order valence-electron chi connectivity index (χ2n) is 12.7. The van der Waals surface area contributed by atoms with Gasteiger partial charge in [0.1, 0.15) is 6.10 Å². The third-order valence-corrected chi connectivity index (χ3v) is 7.77. The van der Waals surface area contributed by atoms with Crippen molar-refractivity contribution in [3.05, 3.63) is 48.0 Å². The molecule has 1 rings (SSSR count). The highest BCUT2D eigenvalue weighted by molar-refractivity contribution is 5.82. The van der Waals surface area contributed by atoms with E-state index in [4.69, 9.17) is 9.47 Å². The molecule has 0 radical (unpaired) electrons. The lowest BCUT2D eigenvalue weighted by atomic mass is 9.87. The van der Waals surface area contributed by atoms with Gasteiger partial charge < -0.3 is 25.2 Å². The van der Waals surface area contributed by atoms with Crippen LogP contribution >= 0.6 is 0 Å². The molecule has 0 aromatic heterocycles. The number of hydrogen-bond donors (Lipinski definition) is 3. The third-order valence-electron chi connectivity index (χ3n) is 7.77. The van der Waals surface area contributed by atoms with Crippen LogP contribution in [0, 0.1) is 5.41 Å². The molecule has 0 heterocycles. The summed E-state index contributed by atoms with van der Waals surface area (Å²) < 4.78 is 10.9. The predicted molar refractivity (Wildman–Crippen MR) is 182 cm³/mol. The quantitative estimate of drug-likeness (QED) is 0.0513. The van der Waals surface area contributed by atoms with E-state index in [-0.39, 0.29) is 32.1 Å². The van der Waals surface area contributed by atoms with Crippen LogP contribution in [0.25, 0.3) is 0 Å². The Labute approximate surface area is 273 Å². The maximum atomic E-state index is 12.4. The summed E-state index contributed by atoms with van der Waals surface area (Å²) in [5.41, 5.74) is 0.218. The lowest BCUT2D eigenvalue weighted by molar-refractivity contribution is -0.144. The average Bonchev–Trinajstić information content (AvgIpc) is 3.02. The molecule has 1 aromatic carbocycles. The zero-order valence-corrected chi connectivity index (χ0v) is 28.5. The highest BCUT2D eigenvalue weighted by Gasteiger charge is 2.33. The van der Waals surface area contributed by atoms with Crippen molar-refractivity contribution >= 4 is 17.8 Å². The van der Waals surface area contributed by atoms with Crippen LogP contribution in [0.15, 0.2) is 42.5 Å². The monoisotopic (exact) mass is 630 g/mol. The fourth-order valence-corrected chi connectivity index (χ4v) is 4.83. The molecular formula is C37H62N2O6. The molecule has 0 aliphatic heterocycles. The first kappa shape index (κ1) is 40.3. The minimum atomic E-state index is -1.28. The normalized spacial score (nSPS) is 12.3. The topological polar surface area (TPSA) is 114 Å². The van der Waals surface area contributed by atoms with Crippen molar-refractivity contribution in [2.75, 3.05) is 26.3 Å². The number of aliphatic hydroxyl groups excluding tert-OH is 1. The molecule has 256 valence electrons. The number of amides is 2. The Morgan fingerprint density at radius 1 is 0.800 bits per heavy atom. The molecule has 8 nitrogen and oxygen atoms in total. The van der Waals surface area contributed by atoms with Crippen LogP contribution in [0.2, 0.25) is 0 Å². The number of carbonyl (C=O) groups is 3. The molecule has 0 aliphatic rings. The molecule has 0 spiro atoms. The van der Waals surface area contributed by atoms with Gasteiger partial charge in [-0.15, -0.1) is 0 Å². The minimum Gasteiger partial charge on any atom is -0.466 e. The van der Waals surface area contributed by atoms with Gasteiger partial charge in [0.25, 0.3) is 0 Å². The highest BCUT2D eigenvalue weighted by Crippen LogP contribution is 2.22. The highest BCUT2D eigenvalue weighted by atomic mass is 16.5. The van der Waals surface area contributed by atoms with Crippen molar-refractivity contribution in [2.24, 2.45) is 5.41 Å². The number of allylic oxidation sites excluding steroid dienone is 2. The fourth-order valence-electron chi connectivity index (χ4n) is 4.83. The van der Waals surface area contributed by atoms with Crippen molar-refractivity contribution in [2.45, 2.75) is 136 Å². The Hall–Kier alpha value is -2.71. The summed E-state index contributed by atoms with van der Waals surface area (Å²) in [5, 5.41) is 15.9. The SMILES string of the molecule is CCCCCCCC/C=C\CCCCCCCC(=O)NCCCOC(=O)CCNC(=O)C(O)C(C)(C)COCc1ccccc1. The van der Waals surface area contributed by atoms with Gasteiger partial charge in [-0.05, 0) is 44.1 Å². The van der Waals surface area contributed by atoms with Crippen molar-refractivity contribution in [3.63, 3.8) is 0 Å².